The summed E-state index contributed by atoms with van der Waals surface area (Å²) in [4.78, 5) is 4.23. The summed E-state index contributed by atoms with van der Waals surface area (Å²) in [6.07, 6.45) is 1.90. The topological polar surface area (TPSA) is 29.9 Å². The van der Waals surface area contributed by atoms with Crippen LogP contribution in [0.4, 0.5) is 0 Å². The van der Waals surface area contributed by atoms with Crippen LogP contribution in [0.5, 0.6) is 0 Å². The van der Waals surface area contributed by atoms with Crippen LogP contribution in [0, 0.1) is 13.8 Å². The molecule has 0 aromatic carbocycles. The van der Waals surface area contributed by atoms with Gasteiger partial charge in [0.05, 0.1) is 12.0 Å². The van der Waals surface area contributed by atoms with Gasteiger partial charge >= 0.3 is 0 Å². The smallest absolute Gasteiger partial charge is 0.0951 e. The van der Waals surface area contributed by atoms with Crippen molar-refractivity contribution >= 4 is 0 Å². The van der Waals surface area contributed by atoms with Crippen LogP contribution < -0.4 is 5.32 Å². The van der Waals surface area contributed by atoms with Gasteiger partial charge in [-0.2, -0.15) is 0 Å². The van der Waals surface area contributed by atoms with Crippen LogP contribution in [-0.4, -0.2) is 22.6 Å². The van der Waals surface area contributed by atoms with E-state index in [-0.39, 0.29) is 0 Å². The zero-order valence-electron chi connectivity index (χ0n) is 8.09. The van der Waals surface area contributed by atoms with Crippen LogP contribution in [0.3, 0.4) is 0 Å². The first-order valence-corrected chi connectivity index (χ1v) is 4.44. The van der Waals surface area contributed by atoms with Crippen LogP contribution in [0.1, 0.15) is 18.3 Å². The Kier molecular flexibility index (Phi) is 3.29. The van der Waals surface area contributed by atoms with Crippen molar-refractivity contribution in [3.8, 4) is 0 Å². The van der Waals surface area contributed by atoms with E-state index in [4.69, 9.17) is 0 Å². The van der Waals surface area contributed by atoms with Crippen molar-refractivity contribution in [2.24, 2.45) is 0 Å². The van der Waals surface area contributed by atoms with Crippen molar-refractivity contribution in [3.05, 3.63) is 17.7 Å². The predicted octanol–water partition coefficient (Wildman–Crippen LogP) is 1.11. The van der Waals surface area contributed by atoms with Crippen molar-refractivity contribution in [2.75, 3.05) is 13.1 Å². The Hall–Kier alpha value is -0.830. The molecule has 0 aliphatic heterocycles. The Morgan fingerprint density at radius 3 is 2.75 bits per heavy atom. The van der Waals surface area contributed by atoms with Gasteiger partial charge in [0.2, 0.25) is 0 Å². The number of rotatable bonds is 4. The van der Waals surface area contributed by atoms with Crippen LogP contribution in [-0.2, 0) is 6.54 Å². The molecule has 12 heavy (non-hydrogen) atoms. The molecular weight excluding hydrogens is 150 g/mol. The van der Waals surface area contributed by atoms with E-state index >= 15 is 0 Å². The number of nitrogens with zero attached hydrogens (tertiary/aromatic N) is 2. The minimum atomic E-state index is 1.01. The molecule has 1 N–H and O–H groups in total. The molecule has 0 saturated carbocycles. The summed E-state index contributed by atoms with van der Waals surface area (Å²) in [5, 5.41) is 3.28. The fourth-order valence-electron chi connectivity index (χ4n) is 1.15. The van der Waals surface area contributed by atoms with Gasteiger partial charge in [0.1, 0.15) is 0 Å². The lowest BCUT2D eigenvalue weighted by molar-refractivity contribution is 0.603. The molecule has 0 spiro atoms. The van der Waals surface area contributed by atoms with E-state index in [0.717, 1.165) is 25.3 Å². The number of imidazole rings is 1. The van der Waals surface area contributed by atoms with Crippen LogP contribution >= 0.6 is 0 Å². The number of hydrogen-bond acceptors (Lipinski definition) is 2. The first-order chi connectivity index (χ1) is 5.75. The van der Waals surface area contributed by atoms with Gasteiger partial charge in [0.25, 0.3) is 0 Å². The zero-order chi connectivity index (χ0) is 8.97. The van der Waals surface area contributed by atoms with Crippen LogP contribution in [0.2, 0.25) is 0 Å². The van der Waals surface area contributed by atoms with E-state index in [2.05, 4.69) is 28.7 Å². The minimum Gasteiger partial charge on any atom is -0.333 e. The Morgan fingerprint density at radius 1 is 1.50 bits per heavy atom. The van der Waals surface area contributed by atoms with Gasteiger partial charge in [0, 0.05) is 18.8 Å². The van der Waals surface area contributed by atoms with E-state index < -0.39 is 0 Å². The Balaban J connectivity index is 2.46. The molecule has 0 bridgehead atoms. The highest BCUT2D eigenvalue weighted by atomic mass is 15.1. The monoisotopic (exact) mass is 167 g/mol. The fraction of sp³-hybridized carbons (Fsp3) is 0.667. The second kappa shape index (κ2) is 4.26. The normalized spacial score (nSPS) is 10.6. The van der Waals surface area contributed by atoms with E-state index in [9.17, 15) is 0 Å². The summed E-state index contributed by atoms with van der Waals surface area (Å²) in [6.45, 7) is 9.33. The molecule has 0 aliphatic rings. The van der Waals surface area contributed by atoms with Crippen molar-refractivity contribution < 1.29 is 0 Å². The maximum absolute atomic E-state index is 4.23. The molecule has 0 saturated heterocycles. The van der Waals surface area contributed by atoms with Crippen molar-refractivity contribution in [3.63, 3.8) is 0 Å². The van der Waals surface area contributed by atoms with E-state index in [1.165, 1.54) is 5.69 Å². The van der Waals surface area contributed by atoms with Gasteiger partial charge in [0.15, 0.2) is 0 Å². The molecule has 0 unspecified atom stereocenters. The van der Waals surface area contributed by atoms with Crippen molar-refractivity contribution in [2.45, 2.75) is 27.3 Å². The zero-order valence-corrected chi connectivity index (χ0v) is 8.09. The van der Waals surface area contributed by atoms with Gasteiger partial charge in [-0.1, -0.05) is 6.92 Å². The highest BCUT2D eigenvalue weighted by Gasteiger charge is 1.99. The van der Waals surface area contributed by atoms with Gasteiger partial charge in [-0.05, 0) is 20.4 Å². The molecule has 0 radical (unpaired) electrons. The third-order valence-corrected chi connectivity index (χ3v) is 2.12. The van der Waals surface area contributed by atoms with Gasteiger partial charge in [-0.25, -0.2) is 4.98 Å². The largest absolute Gasteiger partial charge is 0.333 e. The van der Waals surface area contributed by atoms with Crippen molar-refractivity contribution in [1.29, 1.82) is 0 Å². The van der Waals surface area contributed by atoms with Gasteiger partial charge in [-0.15, -0.1) is 0 Å². The van der Waals surface area contributed by atoms with Crippen molar-refractivity contribution in [1.82, 2.24) is 14.9 Å². The molecule has 1 heterocycles. The minimum absolute atomic E-state index is 1.01. The Bertz CT molecular complexity index is 240. The number of likely N-dealkylation sites (N-methyl/N-ethyl adjacent to an activating group) is 1. The summed E-state index contributed by atoms with van der Waals surface area (Å²) in [6, 6.07) is 0. The lowest BCUT2D eigenvalue weighted by Crippen LogP contribution is -2.19. The second-order valence-corrected chi connectivity index (χ2v) is 2.96. The predicted molar refractivity (Wildman–Crippen MR) is 50.2 cm³/mol. The van der Waals surface area contributed by atoms with E-state index in [0.29, 0.717) is 0 Å². The number of nitrogens with one attached hydrogen (secondary N) is 1. The quantitative estimate of drug-likeness (QED) is 0.681. The highest BCUT2D eigenvalue weighted by Crippen LogP contribution is 2.02. The molecule has 3 nitrogen and oxygen atoms in total. The first-order valence-electron chi connectivity index (χ1n) is 4.44. The first kappa shape index (κ1) is 9.26. The molecule has 1 aromatic rings. The summed E-state index contributed by atoms with van der Waals surface area (Å²) in [5.41, 5.74) is 2.40. The third kappa shape index (κ3) is 2.08. The molecule has 1 rings (SSSR count). The SMILES string of the molecule is CCNCCn1cnc(C)c1C. The molecule has 3 heteroatoms. The summed E-state index contributed by atoms with van der Waals surface area (Å²) in [5.74, 6) is 0. The molecule has 1 aromatic heterocycles. The van der Waals surface area contributed by atoms with Gasteiger partial charge in [-0.3, -0.25) is 0 Å². The number of hydrogen-bond donors (Lipinski definition) is 1. The lowest BCUT2D eigenvalue weighted by atomic mass is 10.4. The fourth-order valence-corrected chi connectivity index (χ4v) is 1.15. The van der Waals surface area contributed by atoms with Crippen LogP contribution in [0.15, 0.2) is 6.33 Å². The average Bonchev–Trinajstić information content (AvgIpc) is 2.36. The summed E-state index contributed by atoms with van der Waals surface area (Å²) in [7, 11) is 0. The van der Waals surface area contributed by atoms with E-state index in [1.807, 2.05) is 13.3 Å². The number of aryl methyl sites for hydroxylation is 1. The summed E-state index contributed by atoms with van der Waals surface area (Å²) >= 11 is 0. The maximum atomic E-state index is 4.23. The highest BCUT2D eigenvalue weighted by molar-refractivity contribution is 5.08. The third-order valence-electron chi connectivity index (χ3n) is 2.12. The molecule has 0 aliphatic carbocycles. The Labute approximate surface area is 73.8 Å². The number of aromatic nitrogens is 2. The molecular formula is C9H17N3. The summed E-state index contributed by atoms with van der Waals surface area (Å²) < 4.78 is 2.18. The van der Waals surface area contributed by atoms with E-state index in [1.54, 1.807) is 0 Å². The van der Waals surface area contributed by atoms with Gasteiger partial charge < -0.3 is 9.88 Å². The Morgan fingerprint density at radius 2 is 2.25 bits per heavy atom. The molecule has 0 fully saturated rings. The van der Waals surface area contributed by atoms with Crippen LogP contribution in [0.25, 0.3) is 0 Å². The average molecular weight is 167 g/mol. The molecule has 68 valence electrons. The molecule has 0 atom stereocenters. The lowest BCUT2D eigenvalue weighted by Gasteiger charge is -2.04. The molecule has 0 amide bonds. The standard InChI is InChI=1S/C9H17N3/c1-4-10-5-6-12-7-11-8(2)9(12)3/h7,10H,4-6H2,1-3H3. The maximum Gasteiger partial charge on any atom is 0.0951 e. The second-order valence-electron chi connectivity index (χ2n) is 2.96.